The Morgan fingerprint density at radius 2 is 1.91 bits per heavy atom. The van der Waals surface area contributed by atoms with Gasteiger partial charge in [-0.05, 0) is 66.8 Å². The van der Waals surface area contributed by atoms with Crippen LogP contribution in [-0.4, -0.2) is 23.5 Å². The highest BCUT2D eigenvalue weighted by Crippen LogP contribution is 2.36. The third kappa shape index (κ3) is 4.68. The summed E-state index contributed by atoms with van der Waals surface area (Å²) in [7, 11) is 0. The zero-order valence-corrected chi connectivity index (χ0v) is 18.5. The number of hydrogen-bond donors (Lipinski definition) is 1. The molecule has 8 heteroatoms. The van der Waals surface area contributed by atoms with Crippen molar-refractivity contribution in [1.82, 2.24) is 4.98 Å². The molecule has 0 atom stereocenters. The monoisotopic (exact) mass is 474 g/mol. The van der Waals surface area contributed by atoms with Gasteiger partial charge in [-0.15, -0.1) is 0 Å². The molecule has 6 nitrogen and oxygen atoms in total. The van der Waals surface area contributed by atoms with Crippen molar-refractivity contribution in [2.45, 2.75) is 19.3 Å². The number of nitrogens with zero attached hydrogens (tertiary/aromatic N) is 1. The first-order chi connectivity index (χ1) is 17.0. The summed E-state index contributed by atoms with van der Waals surface area (Å²) >= 11 is 0. The predicted octanol–water partition coefficient (Wildman–Crippen LogP) is 5.78. The smallest absolute Gasteiger partial charge is 0.339 e. The summed E-state index contributed by atoms with van der Waals surface area (Å²) in [6.07, 6.45) is 5.75. The summed E-state index contributed by atoms with van der Waals surface area (Å²) in [5.74, 6) is -2.74. The predicted molar refractivity (Wildman–Crippen MR) is 127 cm³/mol. The number of benzene rings is 2. The number of aromatic nitrogens is 1. The molecule has 0 spiro atoms. The van der Waals surface area contributed by atoms with Crippen molar-refractivity contribution in [3.8, 4) is 0 Å². The Balaban J connectivity index is 1.43. The molecule has 1 aliphatic rings. The van der Waals surface area contributed by atoms with Gasteiger partial charge in [0, 0.05) is 17.1 Å². The van der Waals surface area contributed by atoms with Crippen LogP contribution in [0, 0.1) is 11.6 Å². The number of allylic oxidation sites excluding steroid dienone is 1. The molecule has 176 valence electrons. The highest BCUT2D eigenvalue weighted by Gasteiger charge is 2.26. The maximum absolute atomic E-state index is 13.4. The minimum Gasteiger partial charge on any atom is -0.465 e. The molecule has 2 aromatic carbocycles. The summed E-state index contributed by atoms with van der Waals surface area (Å²) in [6.45, 7) is -0.585. The number of para-hydroxylation sites is 1. The van der Waals surface area contributed by atoms with Gasteiger partial charge in [0.2, 0.25) is 0 Å². The zero-order valence-electron chi connectivity index (χ0n) is 18.5. The fraction of sp³-hybridized carbons (Fsp3) is 0.148. The van der Waals surface area contributed by atoms with Crippen LogP contribution in [0.1, 0.15) is 40.2 Å². The maximum Gasteiger partial charge on any atom is 0.339 e. The number of furan rings is 1. The molecule has 35 heavy (non-hydrogen) atoms. The van der Waals surface area contributed by atoms with Crippen LogP contribution in [-0.2, 0) is 16.0 Å². The minimum absolute atomic E-state index is 0.0596. The fourth-order valence-corrected chi connectivity index (χ4v) is 4.23. The molecule has 2 aromatic heterocycles. The Hall–Kier alpha value is -4.33. The minimum atomic E-state index is -1.09. The van der Waals surface area contributed by atoms with Crippen LogP contribution >= 0.6 is 0 Å². The van der Waals surface area contributed by atoms with Crippen LogP contribution in [0.2, 0.25) is 0 Å². The van der Waals surface area contributed by atoms with E-state index in [9.17, 15) is 18.4 Å². The molecule has 0 bridgehead atoms. The molecule has 1 amide bonds. The SMILES string of the molecule is O=C(COC(=O)c1c2c(nc3ccccc13)C(=Cc1ccco1)CCC2)Nc1ccc(F)c(F)c1. The summed E-state index contributed by atoms with van der Waals surface area (Å²) in [6, 6.07) is 13.9. The summed E-state index contributed by atoms with van der Waals surface area (Å²) in [5.41, 5.74) is 3.50. The molecule has 0 saturated carbocycles. The number of hydrogen-bond acceptors (Lipinski definition) is 5. The Morgan fingerprint density at radius 1 is 1.06 bits per heavy atom. The van der Waals surface area contributed by atoms with E-state index in [0.717, 1.165) is 36.1 Å². The molecule has 1 N–H and O–H groups in total. The van der Waals surface area contributed by atoms with E-state index in [2.05, 4.69) is 5.32 Å². The molecule has 0 radical (unpaired) electrons. The number of amides is 1. The molecule has 4 aromatic rings. The lowest BCUT2D eigenvalue weighted by Crippen LogP contribution is -2.22. The number of nitrogens with one attached hydrogen (secondary N) is 1. The molecule has 5 rings (SSSR count). The fourth-order valence-electron chi connectivity index (χ4n) is 4.23. The van der Waals surface area contributed by atoms with Gasteiger partial charge in [0.05, 0.1) is 23.0 Å². The molecule has 0 unspecified atom stereocenters. The van der Waals surface area contributed by atoms with E-state index < -0.39 is 30.1 Å². The maximum atomic E-state index is 13.4. The van der Waals surface area contributed by atoms with Crippen LogP contribution in [0.25, 0.3) is 22.6 Å². The molecular formula is C27H20F2N2O4. The van der Waals surface area contributed by atoms with Gasteiger partial charge < -0.3 is 14.5 Å². The van der Waals surface area contributed by atoms with E-state index in [4.69, 9.17) is 14.1 Å². The molecule has 2 heterocycles. The van der Waals surface area contributed by atoms with Gasteiger partial charge in [0.15, 0.2) is 18.2 Å². The Bertz CT molecular complexity index is 1460. The van der Waals surface area contributed by atoms with Crippen LogP contribution < -0.4 is 5.32 Å². The van der Waals surface area contributed by atoms with Gasteiger partial charge in [0.1, 0.15) is 5.76 Å². The van der Waals surface area contributed by atoms with Crippen LogP contribution in [0.5, 0.6) is 0 Å². The first-order valence-electron chi connectivity index (χ1n) is 11.1. The van der Waals surface area contributed by atoms with Gasteiger partial charge in [-0.3, -0.25) is 4.79 Å². The number of anilines is 1. The summed E-state index contributed by atoms with van der Waals surface area (Å²) in [5, 5.41) is 3.03. The normalized spacial score (nSPS) is 14.1. The number of halogens is 2. The molecular weight excluding hydrogens is 454 g/mol. The number of pyridine rings is 1. The largest absolute Gasteiger partial charge is 0.465 e. The van der Waals surface area contributed by atoms with Gasteiger partial charge in [-0.2, -0.15) is 0 Å². The summed E-state index contributed by atoms with van der Waals surface area (Å²) in [4.78, 5) is 30.3. The van der Waals surface area contributed by atoms with Gasteiger partial charge in [-0.25, -0.2) is 18.6 Å². The number of carbonyl (C=O) groups excluding carboxylic acids is 2. The third-order valence-corrected chi connectivity index (χ3v) is 5.77. The highest BCUT2D eigenvalue weighted by molar-refractivity contribution is 6.07. The second-order valence-corrected chi connectivity index (χ2v) is 8.12. The van der Waals surface area contributed by atoms with Crippen molar-refractivity contribution in [3.63, 3.8) is 0 Å². The number of ether oxygens (including phenoxy) is 1. The molecule has 0 aliphatic heterocycles. The highest BCUT2D eigenvalue weighted by atomic mass is 19.2. The van der Waals surface area contributed by atoms with E-state index in [0.29, 0.717) is 34.3 Å². The van der Waals surface area contributed by atoms with Crippen LogP contribution in [0.15, 0.2) is 65.3 Å². The van der Waals surface area contributed by atoms with E-state index in [1.807, 2.05) is 30.3 Å². The van der Waals surface area contributed by atoms with E-state index in [1.54, 1.807) is 18.4 Å². The lowest BCUT2D eigenvalue weighted by atomic mass is 9.86. The first-order valence-corrected chi connectivity index (χ1v) is 11.1. The Kier molecular flexibility index (Phi) is 6.10. The summed E-state index contributed by atoms with van der Waals surface area (Å²) < 4.78 is 37.3. The van der Waals surface area contributed by atoms with Crippen molar-refractivity contribution >= 4 is 40.1 Å². The van der Waals surface area contributed by atoms with E-state index in [1.165, 1.54) is 6.07 Å². The van der Waals surface area contributed by atoms with E-state index in [-0.39, 0.29) is 5.69 Å². The van der Waals surface area contributed by atoms with Crippen LogP contribution in [0.4, 0.5) is 14.5 Å². The Labute approximate surface area is 199 Å². The molecule has 0 saturated heterocycles. The van der Waals surface area contributed by atoms with Gasteiger partial charge >= 0.3 is 5.97 Å². The molecule has 1 aliphatic carbocycles. The van der Waals surface area contributed by atoms with Crippen molar-refractivity contribution in [2.75, 3.05) is 11.9 Å². The van der Waals surface area contributed by atoms with Gasteiger partial charge in [-0.1, -0.05) is 18.2 Å². The standard InChI is InChI=1S/C27H20F2N2O4/c28-21-11-10-17(14-22(21)29)30-24(32)15-35-27(33)25-19-7-1-2-9-23(19)31-26-16(5-3-8-20(25)26)13-18-6-4-12-34-18/h1-2,4,6-7,9-14H,3,5,8,15H2,(H,30,32). The van der Waals surface area contributed by atoms with E-state index >= 15 is 0 Å². The van der Waals surface area contributed by atoms with Crippen LogP contribution in [0.3, 0.4) is 0 Å². The lowest BCUT2D eigenvalue weighted by Gasteiger charge is -2.22. The first kappa shape index (κ1) is 22.5. The van der Waals surface area contributed by atoms with Crippen molar-refractivity contribution in [3.05, 3.63) is 95.1 Å². The van der Waals surface area contributed by atoms with Crippen molar-refractivity contribution in [1.29, 1.82) is 0 Å². The average molecular weight is 474 g/mol. The topological polar surface area (TPSA) is 81.4 Å². The number of rotatable bonds is 5. The Morgan fingerprint density at radius 3 is 2.71 bits per heavy atom. The lowest BCUT2D eigenvalue weighted by molar-refractivity contribution is -0.119. The molecule has 0 fully saturated rings. The third-order valence-electron chi connectivity index (χ3n) is 5.77. The van der Waals surface area contributed by atoms with Crippen molar-refractivity contribution < 1.29 is 27.5 Å². The quantitative estimate of drug-likeness (QED) is 0.371. The zero-order chi connectivity index (χ0) is 24.4. The number of fused-ring (bicyclic) bond motifs is 2. The number of esters is 1. The second kappa shape index (κ2) is 9.50. The van der Waals surface area contributed by atoms with Crippen molar-refractivity contribution in [2.24, 2.45) is 0 Å². The second-order valence-electron chi connectivity index (χ2n) is 8.12. The van der Waals surface area contributed by atoms with Gasteiger partial charge in [0.25, 0.3) is 5.91 Å². The number of carbonyl (C=O) groups is 2. The average Bonchev–Trinajstić information content (AvgIpc) is 3.37.